The highest BCUT2D eigenvalue weighted by molar-refractivity contribution is 7.21. The van der Waals surface area contributed by atoms with Gasteiger partial charge in [-0.2, -0.15) is 15.5 Å². The first-order chi connectivity index (χ1) is 20.3. The van der Waals surface area contributed by atoms with E-state index in [2.05, 4.69) is 10.2 Å². The quantitative estimate of drug-likeness (QED) is 0.226. The van der Waals surface area contributed by atoms with E-state index in [-0.39, 0.29) is 48.5 Å². The van der Waals surface area contributed by atoms with E-state index in [9.17, 15) is 18.8 Å². The first-order valence-electron chi connectivity index (χ1n) is 13.9. The van der Waals surface area contributed by atoms with E-state index in [0.29, 0.717) is 21.0 Å². The fourth-order valence-electron chi connectivity index (χ4n) is 4.97. The Kier molecular flexibility index (Phi) is 9.32. The van der Waals surface area contributed by atoms with Crippen molar-refractivity contribution in [3.8, 4) is 16.8 Å². The molecule has 13 heteroatoms. The van der Waals surface area contributed by atoms with Gasteiger partial charge in [0.05, 0.1) is 30.4 Å². The molecule has 0 saturated heterocycles. The maximum atomic E-state index is 14.6. The second-order valence-electron chi connectivity index (χ2n) is 11.4. The molecule has 4 aromatic rings. The van der Waals surface area contributed by atoms with Crippen LogP contribution in [0.15, 0.2) is 40.2 Å². The zero-order valence-corrected chi connectivity index (χ0v) is 26.1. The van der Waals surface area contributed by atoms with Crippen LogP contribution in [0.3, 0.4) is 0 Å². The minimum Gasteiger partial charge on any atom is -0.478 e. The lowest BCUT2D eigenvalue weighted by Gasteiger charge is -2.28. The highest BCUT2D eigenvalue weighted by atomic mass is 32.1. The first-order valence-corrected chi connectivity index (χ1v) is 14.7. The summed E-state index contributed by atoms with van der Waals surface area (Å²) in [6, 6.07) is 5.76. The number of benzene rings is 1. The molecule has 1 aromatic carbocycles. The van der Waals surface area contributed by atoms with Gasteiger partial charge in [-0.15, -0.1) is 4.80 Å². The van der Waals surface area contributed by atoms with Crippen LogP contribution in [0, 0.1) is 30.0 Å². The molecular weight excluding hydrogens is 575 g/mol. The van der Waals surface area contributed by atoms with Crippen LogP contribution in [0.25, 0.3) is 15.2 Å². The van der Waals surface area contributed by atoms with Crippen LogP contribution in [0.2, 0.25) is 0 Å². The van der Waals surface area contributed by atoms with Gasteiger partial charge in [0.1, 0.15) is 39.1 Å². The number of halogens is 1. The van der Waals surface area contributed by atoms with E-state index < -0.39 is 28.7 Å². The number of hydrogen-bond acceptors (Lipinski definition) is 9. The van der Waals surface area contributed by atoms with Crippen molar-refractivity contribution in [2.24, 2.45) is 5.92 Å². The third kappa shape index (κ3) is 6.30. The van der Waals surface area contributed by atoms with Crippen LogP contribution in [-0.4, -0.2) is 42.6 Å². The number of rotatable bonds is 12. The Bertz CT molecular complexity index is 1800. The van der Waals surface area contributed by atoms with E-state index in [0.717, 1.165) is 15.9 Å². The number of aryl methyl sites for hydroxylation is 1. The lowest BCUT2D eigenvalue weighted by molar-refractivity contribution is -0.127. The van der Waals surface area contributed by atoms with Crippen molar-refractivity contribution in [3.05, 3.63) is 68.4 Å². The molecule has 0 bridgehead atoms. The molecule has 0 amide bonds. The van der Waals surface area contributed by atoms with E-state index in [4.69, 9.17) is 14.7 Å². The zero-order valence-electron chi connectivity index (χ0n) is 25.3. The number of ether oxygens (including phenoxy) is 2. The van der Waals surface area contributed by atoms with Gasteiger partial charge < -0.3 is 9.47 Å². The smallest absolute Gasteiger partial charge is 0.333 e. The summed E-state index contributed by atoms with van der Waals surface area (Å²) in [5, 5.41) is 18.3. The number of fused-ring (bicyclic) bond motifs is 1. The molecule has 43 heavy (non-hydrogen) atoms. The predicted octanol–water partition coefficient (Wildman–Crippen LogP) is 4.67. The Morgan fingerprint density at radius 1 is 1.16 bits per heavy atom. The SMILES string of the molecule is Cc1c(-n2nccn2)sc2c1c(=O)n(C(C)(C)C(=O)CC(C)C)c(=O)n2C[C@H](OC(C)C)c1cc(F)ccc1OCC#N. The Labute approximate surface area is 252 Å². The van der Waals surface area contributed by atoms with Crippen LogP contribution < -0.4 is 16.0 Å². The van der Waals surface area contributed by atoms with Crippen LogP contribution in [-0.2, 0) is 21.6 Å². The van der Waals surface area contributed by atoms with Crippen molar-refractivity contribution in [3.63, 3.8) is 0 Å². The summed E-state index contributed by atoms with van der Waals surface area (Å²) in [6.07, 6.45) is 1.89. The van der Waals surface area contributed by atoms with E-state index >= 15 is 0 Å². The Balaban J connectivity index is 2.04. The van der Waals surface area contributed by atoms with Gasteiger partial charge in [0.2, 0.25) is 0 Å². The molecule has 0 spiro atoms. The molecule has 0 aliphatic carbocycles. The summed E-state index contributed by atoms with van der Waals surface area (Å²) >= 11 is 1.15. The van der Waals surface area contributed by atoms with Gasteiger partial charge in [0, 0.05) is 17.5 Å². The Morgan fingerprint density at radius 2 is 1.84 bits per heavy atom. The lowest BCUT2D eigenvalue weighted by atomic mass is 9.91. The molecule has 1 atom stereocenters. The normalized spacial score (nSPS) is 12.7. The van der Waals surface area contributed by atoms with E-state index in [1.165, 1.54) is 40.0 Å². The fraction of sp³-hybridized carbons (Fsp3) is 0.467. The van der Waals surface area contributed by atoms with Gasteiger partial charge in [0.25, 0.3) is 5.56 Å². The van der Waals surface area contributed by atoms with Gasteiger partial charge in [-0.3, -0.25) is 14.2 Å². The molecular formula is C30H35FN6O5S. The summed E-state index contributed by atoms with van der Waals surface area (Å²) in [5.41, 5.74) is -1.95. The number of Topliss-reactive ketones (excluding diaryl/α,β-unsaturated/α-hetero) is 1. The molecule has 0 fully saturated rings. The lowest BCUT2D eigenvalue weighted by Crippen LogP contribution is -2.53. The number of carbonyl (C=O) groups is 1. The van der Waals surface area contributed by atoms with Crippen molar-refractivity contribution in [2.75, 3.05) is 6.61 Å². The highest BCUT2D eigenvalue weighted by Gasteiger charge is 2.36. The van der Waals surface area contributed by atoms with E-state index in [1.54, 1.807) is 34.6 Å². The average molecular weight is 611 g/mol. The number of nitrogens with zero attached hydrogens (tertiary/aromatic N) is 6. The molecule has 228 valence electrons. The van der Waals surface area contributed by atoms with Crippen LogP contribution in [0.5, 0.6) is 5.75 Å². The summed E-state index contributed by atoms with van der Waals surface area (Å²) in [5.74, 6) is -0.583. The molecule has 0 saturated carbocycles. The van der Waals surface area contributed by atoms with Gasteiger partial charge in [-0.25, -0.2) is 13.8 Å². The standard InChI is InChI=1S/C30H35FN6O5S/c1-17(2)14-24(38)30(6,7)36-26(39)25-19(5)27(37-33-11-12-34-37)43-28(25)35(29(36)40)16-23(42-18(3)4)21-15-20(31)8-9-22(21)41-13-10-32/h8-9,11-12,15,17-18,23H,13-14,16H2,1-7H3/t23-/m0/s1. The topological polar surface area (TPSA) is 134 Å². The van der Waals surface area contributed by atoms with Crippen LogP contribution in [0.1, 0.15) is 65.2 Å². The summed E-state index contributed by atoms with van der Waals surface area (Å²) < 4.78 is 28.8. The number of thiophene rings is 1. The Hall–Kier alpha value is -4.15. The number of aromatic nitrogens is 5. The second-order valence-corrected chi connectivity index (χ2v) is 12.4. The monoisotopic (exact) mass is 610 g/mol. The number of nitriles is 1. The molecule has 3 aromatic heterocycles. The van der Waals surface area contributed by atoms with Crippen molar-refractivity contribution < 1.29 is 18.7 Å². The first kappa shape index (κ1) is 31.8. The maximum Gasteiger partial charge on any atom is 0.333 e. The number of hydrogen-bond donors (Lipinski definition) is 0. The van der Waals surface area contributed by atoms with E-state index in [1.807, 2.05) is 19.9 Å². The van der Waals surface area contributed by atoms with Gasteiger partial charge in [-0.05, 0) is 58.7 Å². The minimum atomic E-state index is -1.47. The molecule has 3 heterocycles. The zero-order chi connectivity index (χ0) is 31.6. The molecule has 11 nitrogen and oxygen atoms in total. The van der Waals surface area contributed by atoms with Crippen molar-refractivity contribution >= 4 is 27.3 Å². The average Bonchev–Trinajstić information content (AvgIpc) is 3.57. The predicted molar refractivity (Wildman–Crippen MR) is 160 cm³/mol. The largest absolute Gasteiger partial charge is 0.478 e. The van der Waals surface area contributed by atoms with Gasteiger partial charge in [-0.1, -0.05) is 25.2 Å². The molecule has 0 N–H and O–H groups in total. The highest BCUT2D eigenvalue weighted by Crippen LogP contribution is 2.35. The second kappa shape index (κ2) is 12.6. The van der Waals surface area contributed by atoms with Crippen molar-refractivity contribution in [2.45, 2.75) is 79.2 Å². The molecule has 0 aliphatic heterocycles. The van der Waals surface area contributed by atoms with Crippen LogP contribution >= 0.6 is 11.3 Å². The summed E-state index contributed by atoms with van der Waals surface area (Å²) in [6.45, 7) is 11.8. The number of ketones is 1. The van der Waals surface area contributed by atoms with Crippen molar-refractivity contribution in [1.82, 2.24) is 24.1 Å². The Morgan fingerprint density at radius 3 is 2.44 bits per heavy atom. The summed E-state index contributed by atoms with van der Waals surface area (Å²) in [7, 11) is 0. The van der Waals surface area contributed by atoms with Crippen LogP contribution in [0.4, 0.5) is 4.39 Å². The molecule has 0 unspecified atom stereocenters. The summed E-state index contributed by atoms with van der Waals surface area (Å²) in [4.78, 5) is 43.6. The third-order valence-corrected chi connectivity index (χ3v) is 8.30. The van der Waals surface area contributed by atoms with Crippen molar-refractivity contribution in [1.29, 1.82) is 5.26 Å². The van der Waals surface area contributed by atoms with Gasteiger partial charge in [0.15, 0.2) is 12.4 Å². The number of carbonyl (C=O) groups excluding carboxylic acids is 1. The third-order valence-electron chi connectivity index (χ3n) is 7.02. The van der Waals surface area contributed by atoms with Gasteiger partial charge >= 0.3 is 5.69 Å². The fourth-order valence-corrected chi connectivity index (χ4v) is 6.19. The minimum absolute atomic E-state index is 0.0115. The molecule has 0 aliphatic rings. The molecule has 0 radical (unpaired) electrons. The maximum absolute atomic E-state index is 14.6. The molecule has 4 rings (SSSR count).